The summed E-state index contributed by atoms with van der Waals surface area (Å²) in [6.07, 6.45) is 0. The molecule has 0 fully saturated rings. The minimum Gasteiger partial charge on any atom is -0.369 e. The lowest BCUT2D eigenvalue weighted by atomic mass is 10.3. The monoisotopic (exact) mass is 407 g/mol. The largest absolute Gasteiger partial charge is 0.369 e. The molecule has 0 unspecified atom stereocenters. The number of H-pyrrole nitrogens is 1. The zero-order chi connectivity index (χ0) is 19.4. The normalized spacial score (nSPS) is 11.3. The molecule has 0 aliphatic heterocycles. The number of fused-ring (bicyclic) bond motifs is 1. The van der Waals surface area contributed by atoms with Gasteiger partial charge in [-0.25, -0.2) is 9.97 Å². The Labute approximate surface area is 168 Å². The molecule has 7 nitrogen and oxygen atoms in total. The Hall–Kier alpha value is -2.09. The van der Waals surface area contributed by atoms with Crippen molar-refractivity contribution in [1.29, 1.82) is 0 Å². The first-order valence-corrected chi connectivity index (χ1v) is 9.67. The third-order valence-corrected chi connectivity index (χ3v) is 4.96. The van der Waals surface area contributed by atoms with Crippen LogP contribution >= 0.6 is 23.2 Å². The zero-order valence-corrected chi connectivity index (χ0v) is 17.1. The third-order valence-electron chi connectivity index (χ3n) is 4.24. The van der Waals surface area contributed by atoms with Gasteiger partial charge in [0.1, 0.15) is 5.82 Å². The number of aromatic nitrogens is 4. The number of aryl methyl sites for hydroxylation is 1. The summed E-state index contributed by atoms with van der Waals surface area (Å²) in [5.74, 6) is 1.78. The molecule has 1 aromatic carbocycles. The van der Waals surface area contributed by atoms with E-state index >= 15 is 0 Å². The molecule has 9 heteroatoms. The lowest BCUT2D eigenvalue weighted by Crippen LogP contribution is -2.28. The Morgan fingerprint density at radius 1 is 1.04 bits per heavy atom. The lowest BCUT2D eigenvalue weighted by molar-refractivity contribution is 0.316. The number of anilines is 3. The summed E-state index contributed by atoms with van der Waals surface area (Å²) in [5.41, 5.74) is 2.37. The van der Waals surface area contributed by atoms with Gasteiger partial charge in [0.25, 0.3) is 0 Å². The van der Waals surface area contributed by atoms with Gasteiger partial charge in [0, 0.05) is 24.8 Å². The first-order valence-electron chi connectivity index (χ1n) is 8.92. The predicted octanol–water partition coefficient (Wildman–Crippen LogP) is 4.47. The third kappa shape index (κ3) is 5.00. The number of nitrogens with zero attached hydrogens (tertiary/aromatic N) is 4. The molecule has 0 saturated heterocycles. The van der Waals surface area contributed by atoms with E-state index in [1.165, 1.54) is 0 Å². The van der Waals surface area contributed by atoms with E-state index in [9.17, 15) is 0 Å². The van der Waals surface area contributed by atoms with Crippen molar-refractivity contribution in [3.05, 3.63) is 33.9 Å². The summed E-state index contributed by atoms with van der Waals surface area (Å²) < 4.78 is 0. The fourth-order valence-electron chi connectivity index (χ4n) is 2.77. The van der Waals surface area contributed by atoms with Crippen LogP contribution in [0.1, 0.15) is 19.5 Å². The summed E-state index contributed by atoms with van der Waals surface area (Å²) in [6.45, 7) is 10.1. The van der Waals surface area contributed by atoms with Crippen LogP contribution in [0.15, 0.2) is 18.2 Å². The van der Waals surface area contributed by atoms with E-state index in [1.807, 2.05) is 13.0 Å². The molecule has 2 aromatic heterocycles. The smallest absolute Gasteiger partial charge is 0.231 e. The van der Waals surface area contributed by atoms with Crippen LogP contribution in [0.25, 0.3) is 11.0 Å². The van der Waals surface area contributed by atoms with Crippen LogP contribution in [-0.4, -0.2) is 51.0 Å². The molecule has 0 amide bonds. The van der Waals surface area contributed by atoms with E-state index in [1.54, 1.807) is 12.1 Å². The Morgan fingerprint density at radius 2 is 1.78 bits per heavy atom. The highest BCUT2D eigenvalue weighted by atomic mass is 35.5. The van der Waals surface area contributed by atoms with Gasteiger partial charge in [0.15, 0.2) is 0 Å². The highest BCUT2D eigenvalue weighted by Gasteiger charge is 2.09. The molecular formula is C18H23Cl2N7. The maximum atomic E-state index is 6.05. The highest BCUT2D eigenvalue weighted by molar-refractivity contribution is 6.42. The van der Waals surface area contributed by atoms with Crippen molar-refractivity contribution in [2.45, 2.75) is 20.8 Å². The first kappa shape index (κ1) is 19.7. The number of hydrogen-bond acceptors (Lipinski definition) is 6. The fourth-order valence-corrected chi connectivity index (χ4v) is 3.09. The maximum Gasteiger partial charge on any atom is 0.231 e. The number of rotatable bonds is 8. The quantitative estimate of drug-likeness (QED) is 0.511. The van der Waals surface area contributed by atoms with E-state index in [2.05, 4.69) is 49.3 Å². The zero-order valence-electron chi connectivity index (χ0n) is 15.6. The summed E-state index contributed by atoms with van der Waals surface area (Å²) in [5, 5.41) is 7.41. The summed E-state index contributed by atoms with van der Waals surface area (Å²) in [7, 11) is 0. The molecule has 3 aromatic rings. The van der Waals surface area contributed by atoms with E-state index in [-0.39, 0.29) is 0 Å². The molecule has 0 saturated carbocycles. The Morgan fingerprint density at radius 3 is 2.52 bits per heavy atom. The van der Waals surface area contributed by atoms with E-state index in [0.29, 0.717) is 21.9 Å². The van der Waals surface area contributed by atoms with Crippen LogP contribution in [0.5, 0.6) is 0 Å². The number of likely N-dealkylation sites (N-methyl/N-ethyl adjacent to an activating group) is 1. The molecule has 0 radical (unpaired) electrons. The molecule has 144 valence electrons. The van der Waals surface area contributed by atoms with Gasteiger partial charge in [-0.05, 0) is 32.1 Å². The molecule has 27 heavy (non-hydrogen) atoms. The van der Waals surface area contributed by atoms with Gasteiger partial charge < -0.3 is 15.2 Å². The molecule has 0 aliphatic rings. The van der Waals surface area contributed by atoms with Crippen LogP contribution in [0.3, 0.4) is 0 Å². The average Bonchev–Trinajstić information content (AvgIpc) is 2.99. The van der Waals surface area contributed by atoms with Crippen molar-refractivity contribution in [1.82, 2.24) is 24.8 Å². The standard InChI is InChI=1S/C18H23Cl2N7/c1-4-27(5-2)7-6-21-16-8-11(3)22-17(25-16)26-18-23-14-9-12(19)13(20)10-15(14)24-18/h8-10H,4-7H2,1-3H3,(H3,21,22,23,24,25,26). The number of halogens is 2. The second-order valence-electron chi connectivity index (χ2n) is 6.17. The van der Waals surface area contributed by atoms with Crippen LogP contribution in [0, 0.1) is 6.92 Å². The Bertz CT molecular complexity index is 882. The van der Waals surface area contributed by atoms with Crippen molar-refractivity contribution in [2.75, 3.05) is 36.8 Å². The number of hydrogen-bond donors (Lipinski definition) is 3. The maximum absolute atomic E-state index is 6.05. The predicted molar refractivity (Wildman–Crippen MR) is 112 cm³/mol. The molecule has 0 bridgehead atoms. The van der Waals surface area contributed by atoms with Gasteiger partial charge in [0.05, 0.1) is 21.1 Å². The van der Waals surface area contributed by atoms with Gasteiger partial charge in [0.2, 0.25) is 11.9 Å². The van der Waals surface area contributed by atoms with Crippen LogP contribution < -0.4 is 10.6 Å². The number of aromatic amines is 1. The fraction of sp³-hybridized carbons (Fsp3) is 0.389. The van der Waals surface area contributed by atoms with E-state index in [4.69, 9.17) is 23.2 Å². The van der Waals surface area contributed by atoms with Crippen molar-refractivity contribution in [3.63, 3.8) is 0 Å². The molecule has 0 atom stereocenters. The topological polar surface area (TPSA) is 81.8 Å². The summed E-state index contributed by atoms with van der Waals surface area (Å²) >= 11 is 12.1. The second-order valence-corrected chi connectivity index (χ2v) is 6.98. The molecule has 3 rings (SSSR count). The first-order chi connectivity index (χ1) is 13.0. The summed E-state index contributed by atoms with van der Waals surface area (Å²) in [6, 6.07) is 5.39. The van der Waals surface area contributed by atoms with Gasteiger partial charge in [-0.3, -0.25) is 5.32 Å². The number of nitrogens with one attached hydrogen (secondary N) is 3. The van der Waals surface area contributed by atoms with Crippen molar-refractivity contribution in [3.8, 4) is 0 Å². The average molecular weight is 408 g/mol. The van der Waals surface area contributed by atoms with Gasteiger partial charge in [-0.1, -0.05) is 37.0 Å². The second kappa shape index (κ2) is 8.73. The van der Waals surface area contributed by atoms with Crippen molar-refractivity contribution in [2.24, 2.45) is 0 Å². The molecular weight excluding hydrogens is 385 g/mol. The van der Waals surface area contributed by atoms with Crippen LogP contribution in [0.2, 0.25) is 10.0 Å². The lowest BCUT2D eigenvalue weighted by Gasteiger charge is -2.18. The highest BCUT2D eigenvalue weighted by Crippen LogP contribution is 2.27. The van der Waals surface area contributed by atoms with Crippen molar-refractivity contribution < 1.29 is 0 Å². The van der Waals surface area contributed by atoms with Crippen molar-refractivity contribution >= 4 is 51.9 Å². The molecule has 0 spiro atoms. The van der Waals surface area contributed by atoms with Crippen LogP contribution in [0.4, 0.5) is 17.7 Å². The Kier molecular flexibility index (Phi) is 6.36. The number of benzene rings is 1. The molecule has 3 N–H and O–H groups in total. The van der Waals surface area contributed by atoms with E-state index in [0.717, 1.165) is 48.7 Å². The van der Waals surface area contributed by atoms with E-state index < -0.39 is 0 Å². The Balaban J connectivity index is 1.72. The SMILES string of the molecule is CCN(CC)CCNc1cc(C)nc(Nc2nc3cc(Cl)c(Cl)cc3[nH]2)n1. The van der Waals surface area contributed by atoms with Gasteiger partial charge in [-0.2, -0.15) is 4.98 Å². The van der Waals surface area contributed by atoms with Gasteiger partial charge in [-0.15, -0.1) is 0 Å². The minimum absolute atomic E-state index is 0.466. The molecule has 0 aliphatic carbocycles. The number of imidazole rings is 1. The van der Waals surface area contributed by atoms with Gasteiger partial charge >= 0.3 is 0 Å². The molecule has 2 heterocycles. The summed E-state index contributed by atoms with van der Waals surface area (Å²) in [4.78, 5) is 18.9. The minimum atomic E-state index is 0.466. The van der Waals surface area contributed by atoms with Crippen LogP contribution in [-0.2, 0) is 0 Å².